The Morgan fingerprint density at radius 2 is 1.62 bits per heavy atom. The maximum atomic E-state index is 13.1. The zero-order chi connectivity index (χ0) is 16.4. The second-order valence-electron chi connectivity index (χ2n) is 5.76. The molecule has 3 rings (SSSR count). The quantitative estimate of drug-likeness (QED) is 0.810. The molecule has 4 nitrogen and oxygen atoms in total. The highest BCUT2D eigenvalue weighted by Crippen LogP contribution is 2.31. The molecule has 1 heterocycles. The minimum atomic E-state index is -3.55. The van der Waals surface area contributed by atoms with E-state index in [2.05, 4.69) is 4.90 Å². The molecule has 130 valence electrons. The van der Waals surface area contributed by atoms with Crippen LogP contribution in [-0.4, -0.2) is 44.3 Å². The number of rotatable bonds is 3. The topological polar surface area (TPSA) is 40.6 Å². The highest BCUT2D eigenvalue weighted by atomic mass is 35.5. The fraction of sp³-hybridized carbons (Fsp3) is 0.294. The molecule has 0 aliphatic carbocycles. The van der Waals surface area contributed by atoms with Gasteiger partial charge in [0.05, 0.1) is 10.9 Å². The highest BCUT2D eigenvalue weighted by Gasteiger charge is 2.35. The maximum Gasteiger partial charge on any atom is 0.243 e. The number of piperazine rings is 1. The Morgan fingerprint density at radius 1 is 1.00 bits per heavy atom. The van der Waals surface area contributed by atoms with Gasteiger partial charge in [0.2, 0.25) is 10.0 Å². The van der Waals surface area contributed by atoms with Crippen molar-refractivity contribution in [3.8, 4) is 0 Å². The summed E-state index contributed by atoms with van der Waals surface area (Å²) in [5, 5.41) is 0.530. The molecule has 0 saturated carbocycles. The number of sulfonamides is 1. The van der Waals surface area contributed by atoms with Gasteiger partial charge in [-0.2, -0.15) is 4.31 Å². The fourth-order valence-corrected chi connectivity index (χ4v) is 4.60. The smallest absolute Gasteiger partial charge is 0.243 e. The molecule has 1 aliphatic heterocycles. The summed E-state index contributed by atoms with van der Waals surface area (Å²) in [4.78, 5) is 2.44. The van der Waals surface area contributed by atoms with Gasteiger partial charge in [-0.05, 0) is 36.9 Å². The summed E-state index contributed by atoms with van der Waals surface area (Å²) in [6.45, 7) is 1.87. The third kappa shape index (κ3) is 3.92. The molecule has 1 aliphatic rings. The largest absolute Gasteiger partial charge is 0.303 e. The van der Waals surface area contributed by atoms with Gasteiger partial charge < -0.3 is 4.90 Å². The van der Waals surface area contributed by atoms with Crippen LogP contribution in [0.1, 0.15) is 11.6 Å². The maximum absolute atomic E-state index is 13.1. The van der Waals surface area contributed by atoms with Gasteiger partial charge in [0.25, 0.3) is 0 Å². The minimum absolute atomic E-state index is 0. The van der Waals surface area contributed by atoms with Crippen molar-refractivity contribution in [2.45, 2.75) is 10.9 Å². The van der Waals surface area contributed by atoms with Crippen LogP contribution in [0.3, 0.4) is 0 Å². The lowest BCUT2D eigenvalue weighted by Crippen LogP contribution is -2.49. The molecule has 1 fully saturated rings. The van der Waals surface area contributed by atoms with E-state index in [4.69, 9.17) is 11.6 Å². The predicted molar refractivity (Wildman–Crippen MR) is 99.3 cm³/mol. The summed E-state index contributed by atoms with van der Waals surface area (Å²) in [6.07, 6.45) is 0. The van der Waals surface area contributed by atoms with Crippen molar-refractivity contribution in [1.29, 1.82) is 0 Å². The van der Waals surface area contributed by atoms with Gasteiger partial charge in [0.15, 0.2) is 0 Å². The first-order valence-corrected chi connectivity index (χ1v) is 9.31. The average molecular weight is 387 g/mol. The molecule has 2 aromatic carbocycles. The Kier molecular flexibility index (Phi) is 6.28. The SMILES string of the molecule is CN1CCN(S(=O)(=O)c2ccc(Cl)cc2)C(c2ccccc2)C1.Cl. The van der Waals surface area contributed by atoms with Crippen LogP contribution in [0, 0.1) is 0 Å². The van der Waals surface area contributed by atoms with Gasteiger partial charge in [-0.25, -0.2) is 8.42 Å². The molecule has 0 radical (unpaired) electrons. The molecule has 1 atom stereocenters. The van der Waals surface area contributed by atoms with E-state index >= 15 is 0 Å². The highest BCUT2D eigenvalue weighted by molar-refractivity contribution is 7.89. The van der Waals surface area contributed by atoms with Crippen LogP contribution >= 0.6 is 24.0 Å². The van der Waals surface area contributed by atoms with Crippen LogP contribution < -0.4 is 0 Å². The molecule has 0 bridgehead atoms. The van der Waals surface area contributed by atoms with E-state index in [-0.39, 0.29) is 23.3 Å². The van der Waals surface area contributed by atoms with E-state index in [0.29, 0.717) is 18.1 Å². The summed E-state index contributed by atoms with van der Waals surface area (Å²) in [5.74, 6) is 0. The van der Waals surface area contributed by atoms with E-state index in [1.165, 1.54) is 0 Å². The first kappa shape index (κ1) is 19.2. The molecule has 2 aromatic rings. The summed E-state index contributed by atoms with van der Waals surface area (Å²) < 4.78 is 27.7. The van der Waals surface area contributed by atoms with Gasteiger partial charge >= 0.3 is 0 Å². The Hall–Kier alpha value is -1.11. The van der Waals surface area contributed by atoms with Gasteiger partial charge in [0, 0.05) is 24.7 Å². The lowest BCUT2D eigenvalue weighted by Gasteiger charge is -2.39. The number of likely N-dealkylation sites (N-methyl/N-ethyl adjacent to an activating group) is 1. The monoisotopic (exact) mass is 386 g/mol. The molecular formula is C17H20Cl2N2O2S. The molecule has 24 heavy (non-hydrogen) atoms. The van der Waals surface area contributed by atoms with E-state index in [0.717, 1.165) is 12.1 Å². The molecule has 0 aromatic heterocycles. The zero-order valence-electron chi connectivity index (χ0n) is 13.3. The van der Waals surface area contributed by atoms with Gasteiger partial charge in [0.1, 0.15) is 0 Å². The predicted octanol–water partition coefficient (Wildman–Crippen LogP) is 3.44. The molecule has 0 N–H and O–H groups in total. The fourth-order valence-electron chi connectivity index (χ4n) is 2.88. The molecule has 0 spiro atoms. The van der Waals surface area contributed by atoms with Crippen LogP contribution in [0.25, 0.3) is 0 Å². The first-order valence-electron chi connectivity index (χ1n) is 7.49. The first-order chi connectivity index (χ1) is 11.0. The third-order valence-electron chi connectivity index (χ3n) is 4.14. The van der Waals surface area contributed by atoms with Crippen molar-refractivity contribution in [1.82, 2.24) is 9.21 Å². The summed E-state index contributed by atoms with van der Waals surface area (Å²) in [5.41, 5.74) is 1.01. The lowest BCUT2D eigenvalue weighted by molar-refractivity contribution is 0.160. The molecule has 1 saturated heterocycles. The van der Waals surface area contributed by atoms with Crippen molar-refractivity contribution in [3.63, 3.8) is 0 Å². The van der Waals surface area contributed by atoms with Gasteiger partial charge in [-0.1, -0.05) is 41.9 Å². The Bertz CT molecular complexity index is 767. The number of hydrogen-bond donors (Lipinski definition) is 0. The van der Waals surface area contributed by atoms with E-state index < -0.39 is 10.0 Å². The van der Waals surface area contributed by atoms with Gasteiger partial charge in [-0.3, -0.25) is 0 Å². The zero-order valence-corrected chi connectivity index (χ0v) is 15.7. The Balaban J connectivity index is 0.00000208. The Morgan fingerprint density at radius 3 is 2.25 bits per heavy atom. The van der Waals surface area contributed by atoms with Crippen LogP contribution in [0.5, 0.6) is 0 Å². The van der Waals surface area contributed by atoms with Crippen molar-refractivity contribution in [2.75, 3.05) is 26.7 Å². The van der Waals surface area contributed by atoms with Crippen molar-refractivity contribution < 1.29 is 8.42 Å². The third-order valence-corrected chi connectivity index (χ3v) is 6.31. The number of benzene rings is 2. The lowest BCUT2D eigenvalue weighted by atomic mass is 10.1. The van der Waals surface area contributed by atoms with E-state index in [1.807, 2.05) is 37.4 Å². The van der Waals surface area contributed by atoms with Crippen LogP contribution in [0.2, 0.25) is 5.02 Å². The molecular weight excluding hydrogens is 367 g/mol. The van der Waals surface area contributed by atoms with Crippen molar-refractivity contribution in [2.24, 2.45) is 0 Å². The number of nitrogens with zero attached hydrogens (tertiary/aromatic N) is 2. The summed E-state index contributed by atoms with van der Waals surface area (Å²) in [6, 6.07) is 16.0. The summed E-state index contributed by atoms with van der Waals surface area (Å²) >= 11 is 5.88. The van der Waals surface area contributed by atoms with E-state index in [1.54, 1.807) is 28.6 Å². The summed E-state index contributed by atoms with van der Waals surface area (Å²) in [7, 11) is -1.54. The van der Waals surface area contributed by atoms with Crippen molar-refractivity contribution >= 4 is 34.0 Å². The van der Waals surface area contributed by atoms with E-state index in [9.17, 15) is 8.42 Å². The molecule has 1 unspecified atom stereocenters. The normalized spacial score (nSPS) is 19.7. The number of halogens is 2. The second kappa shape index (κ2) is 7.85. The minimum Gasteiger partial charge on any atom is -0.303 e. The Labute approximate surface area is 154 Å². The number of hydrogen-bond acceptors (Lipinski definition) is 3. The second-order valence-corrected chi connectivity index (χ2v) is 8.09. The molecule has 7 heteroatoms. The van der Waals surface area contributed by atoms with Gasteiger partial charge in [-0.15, -0.1) is 12.4 Å². The standard InChI is InChI=1S/C17H19ClN2O2S.ClH/c1-19-11-12-20(17(13-19)14-5-3-2-4-6-14)23(21,22)16-9-7-15(18)8-10-16;/h2-10,17H,11-13H2,1H3;1H. The van der Waals surface area contributed by atoms with Crippen LogP contribution in [-0.2, 0) is 10.0 Å². The van der Waals surface area contributed by atoms with Crippen LogP contribution in [0.15, 0.2) is 59.5 Å². The average Bonchev–Trinajstić information content (AvgIpc) is 2.56. The van der Waals surface area contributed by atoms with Crippen LogP contribution in [0.4, 0.5) is 0 Å². The van der Waals surface area contributed by atoms with Crippen molar-refractivity contribution in [3.05, 3.63) is 65.2 Å². The molecule has 0 amide bonds.